The molecule has 0 aliphatic carbocycles. The predicted molar refractivity (Wildman–Crippen MR) is 119 cm³/mol. The van der Waals surface area contributed by atoms with Crippen LogP contribution in [0.4, 0.5) is 4.79 Å². The van der Waals surface area contributed by atoms with Gasteiger partial charge in [-0.15, -0.1) is 0 Å². The molecule has 0 bridgehead atoms. The summed E-state index contributed by atoms with van der Waals surface area (Å²) in [7, 11) is 1.65. The highest BCUT2D eigenvalue weighted by atomic mass is 79.9. The maximum absolute atomic E-state index is 11.8. The molecule has 30 heavy (non-hydrogen) atoms. The minimum absolute atomic E-state index is 0.0642. The summed E-state index contributed by atoms with van der Waals surface area (Å²) < 4.78 is 13.7. The number of rotatable bonds is 6. The lowest BCUT2D eigenvalue weighted by molar-refractivity contribution is 0.136. The van der Waals surface area contributed by atoms with Crippen LogP contribution in [0.2, 0.25) is 0 Å². The number of pyridine rings is 1. The predicted octanol–water partition coefficient (Wildman–Crippen LogP) is 4.65. The zero-order valence-corrected chi connectivity index (χ0v) is 18.3. The highest BCUT2D eigenvalue weighted by molar-refractivity contribution is 9.10. The molecule has 0 spiro atoms. The van der Waals surface area contributed by atoms with Gasteiger partial charge in [0.05, 0.1) is 24.3 Å². The van der Waals surface area contributed by atoms with Crippen molar-refractivity contribution in [2.45, 2.75) is 20.1 Å². The van der Waals surface area contributed by atoms with E-state index >= 15 is 0 Å². The number of nitrogens with zero attached hydrogens (tertiary/aromatic N) is 3. The lowest BCUT2D eigenvalue weighted by Gasteiger charge is -2.12. The number of hydrogen-bond donors (Lipinski definition) is 1. The van der Waals surface area contributed by atoms with Crippen molar-refractivity contribution in [2.75, 3.05) is 13.7 Å². The smallest absolute Gasteiger partial charge is 0.407 e. The molecule has 2 aromatic heterocycles. The Morgan fingerprint density at radius 3 is 2.70 bits per heavy atom. The van der Waals surface area contributed by atoms with Crippen molar-refractivity contribution in [1.29, 1.82) is 0 Å². The summed E-state index contributed by atoms with van der Waals surface area (Å²) in [6.07, 6.45) is 1.29. The van der Waals surface area contributed by atoms with E-state index < -0.39 is 6.09 Å². The number of methoxy groups -OCH3 is 1. The molecule has 4 aromatic rings. The van der Waals surface area contributed by atoms with Gasteiger partial charge in [0.25, 0.3) is 0 Å². The first-order chi connectivity index (χ1) is 14.6. The minimum atomic E-state index is -0.465. The van der Waals surface area contributed by atoms with Gasteiger partial charge < -0.3 is 19.4 Å². The highest BCUT2D eigenvalue weighted by Crippen LogP contribution is 2.28. The van der Waals surface area contributed by atoms with Crippen molar-refractivity contribution in [1.82, 2.24) is 19.9 Å². The lowest BCUT2D eigenvalue weighted by Crippen LogP contribution is -2.24. The Morgan fingerprint density at radius 1 is 1.17 bits per heavy atom. The van der Waals surface area contributed by atoms with E-state index in [1.54, 1.807) is 13.3 Å². The number of nitrogens with one attached hydrogen (secondary N) is 1. The summed E-state index contributed by atoms with van der Waals surface area (Å²) in [6, 6.07) is 13.9. The average molecular weight is 469 g/mol. The number of hydrogen-bond acceptors (Lipinski definition) is 5. The summed E-state index contributed by atoms with van der Waals surface area (Å²) in [4.78, 5) is 21.1. The number of ether oxygens (including phenoxy) is 2. The van der Waals surface area contributed by atoms with Crippen LogP contribution in [0.1, 0.15) is 18.3 Å². The van der Waals surface area contributed by atoms with Crippen LogP contribution in [0, 0.1) is 0 Å². The van der Waals surface area contributed by atoms with Gasteiger partial charge in [0.15, 0.2) is 6.61 Å². The second-order valence-corrected chi connectivity index (χ2v) is 7.64. The highest BCUT2D eigenvalue weighted by Gasteiger charge is 2.16. The third-order valence-electron chi connectivity index (χ3n) is 4.77. The van der Waals surface area contributed by atoms with Gasteiger partial charge in [-0.05, 0) is 42.8 Å². The van der Waals surface area contributed by atoms with Crippen LogP contribution in [0.25, 0.3) is 21.9 Å². The Balaban J connectivity index is 1.81. The SMILES string of the molecule is CCNC(=O)OCc1nc2cnc3cc(Br)ccc3c2n1Cc1ccc(OC)cc1. The van der Waals surface area contributed by atoms with Crippen molar-refractivity contribution < 1.29 is 14.3 Å². The van der Waals surface area contributed by atoms with E-state index in [0.29, 0.717) is 18.9 Å². The molecule has 2 heterocycles. The standard InChI is InChI=1S/C22H21BrN4O3/c1-3-24-22(28)30-13-20-26-19-11-25-18-10-15(23)6-9-17(18)21(19)27(20)12-14-4-7-16(29-2)8-5-14/h4-11H,3,12-13H2,1-2H3,(H,24,28). The Morgan fingerprint density at radius 2 is 1.97 bits per heavy atom. The van der Waals surface area contributed by atoms with Gasteiger partial charge >= 0.3 is 6.09 Å². The quantitative estimate of drug-likeness (QED) is 0.445. The molecule has 0 aliphatic rings. The molecule has 1 N–H and O–H groups in total. The fourth-order valence-corrected chi connectivity index (χ4v) is 3.70. The number of carbonyl (C=O) groups is 1. The second kappa shape index (κ2) is 8.71. The number of carbonyl (C=O) groups excluding carboxylic acids is 1. The van der Waals surface area contributed by atoms with Crippen LogP contribution < -0.4 is 10.1 Å². The molecule has 0 unspecified atom stereocenters. The van der Waals surface area contributed by atoms with Gasteiger partial charge in [0.1, 0.15) is 17.1 Å². The molecule has 1 amide bonds. The normalized spacial score (nSPS) is 11.0. The lowest BCUT2D eigenvalue weighted by atomic mass is 10.1. The first-order valence-corrected chi connectivity index (χ1v) is 10.3. The number of alkyl carbamates (subject to hydrolysis) is 1. The molecule has 0 atom stereocenters. The number of fused-ring (bicyclic) bond motifs is 3. The Hall–Kier alpha value is -3.13. The molecular weight excluding hydrogens is 448 g/mol. The van der Waals surface area contributed by atoms with Crippen molar-refractivity contribution in [2.24, 2.45) is 0 Å². The van der Waals surface area contributed by atoms with Crippen LogP contribution in [-0.2, 0) is 17.9 Å². The van der Waals surface area contributed by atoms with Crippen LogP contribution in [0.15, 0.2) is 53.1 Å². The van der Waals surface area contributed by atoms with Crippen LogP contribution >= 0.6 is 15.9 Å². The fourth-order valence-electron chi connectivity index (χ4n) is 3.36. The molecule has 0 saturated heterocycles. The molecule has 0 saturated carbocycles. The Kier molecular flexibility index (Phi) is 5.85. The van der Waals surface area contributed by atoms with Crippen molar-refractivity contribution in [3.05, 3.63) is 64.5 Å². The van der Waals surface area contributed by atoms with E-state index in [2.05, 4.69) is 30.8 Å². The van der Waals surface area contributed by atoms with Crippen molar-refractivity contribution >= 4 is 44.0 Å². The monoisotopic (exact) mass is 468 g/mol. The van der Waals surface area contributed by atoms with Gasteiger partial charge in [-0.3, -0.25) is 4.98 Å². The van der Waals surface area contributed by atoms with Gasteiger partial charge in [-0.2, -0.15) is 0 Å². The third kappa shape index (κ3) is 4.09. The second-order valence-electron chi connectivity index (χ2n) is 6.72. The third-order valence-corrected chi connectivity index (χ3v) is 5.26. The molecule has 7 nitrogen and oxygen atoms in total. The Labute approximate surface area is 182 Å². The van der Waals surface area contributed by atoms with Gasteiger partial charge in [-0.25, -0.2) is 9.78 Å². The number of aromatic nitrogens is 3. The zero-order valence-electron chi connectivity index (χ0n) is 16.7. The zero-order chi connectivity index (χ0) is 21.1. The van der Waals surface area contributed by atoms with Gasteiger partial charge in [-0.1, -0.05) is 28.1 Å². The van der Waals surface area contributed by atoms with Crippen molar-refractivity contribution in [3.8, 4) is 5.75 Å². The van der Waals surface area contributed by atoms with Gasteiger partial charge in [0, 0.05) is 22.9 Å². The van der Waals surface area contributed by atoms with Crippen molar-refractivity contribution in [3.63, 3.8) is 0 Å². The maximum Gasteiger partial charge on any atom is 0.407 e. The van der Waals surface area contributed by atoms with Crippen LogP contribution in [-0.4, -0.2) is 34.3 Å². The molecular formula is C22H21BrN4O3. The summed E-state index contributed by atoms with van der Waals surface area (Å²) >= 11 is 3.50. The molecule has 0 fully saturated rings. The summed E-state index contributed by atoms with van der Waals surface area (Å²) in [6.45, 7) is 2.99. The first-order valence-electron chi connectivity index (χ1n) is 9.56. The maximum atomic E-state index is 11.8. The van der Waals surface area contributed by atoms with E-state index in [1.165, 1.54) is 0 Å². The first kappa shape index (κ1) is 20.2. The molecule has 4 rings (SSSR count). The summed E-state index contributed by atoms with van der Waals surface area (Å²) in [5.74, 6) is 1.46. The molecule has 8 heteroatoms. The summed E-state index contributed by atoms with van der Waals surface area (Å²) in [5, 5.41) is 3.62. The van der Waals surface area contributed by atoms with E-state index in [-0.39, 0.29) is 6.61 Å². The minimum Gasteiger partial charge on any atom is -0.497 e. The van der Waals surface area contributed by atoms with E-state index in [1.807, 2.05) is 49.4 Å². The molecule has 0 aliphatic heterocycles. The van der Waals surface area contributed by atoms with Crippen LogP contribution in [0.5, 0.6) is 5.75 Å². The molecule has 154 valence electrons. The fraction of sp³-hybridized carbons (Fsp3) is 0.227. The number of imidazole rings is 1. The van der Waals surface area contributed by atoms with E-state index in [0.717, 1.165) is 37.7 Å². The molecule has 0 radical (unpaired) electrons. The number of amides is 1. The Bertz CT molecular complexity index is 1200. The van der Waals surface area contributed by atoms with E-state index in [4.69, 9.17) is 14.5 Å². The summed E-state index contributed by atoms with van der Waals surface area (Å²) in [5.41, 5.74) is 3.66. The van der Waals surface area contributed by atoms with Crippen LogP contribution in [0.3, 0.4) is 0 Å². The van der Waals surface area contributed by atoms with Gasteiger partial charge in [0.2, 0.25) is 0 Å². The largest absolute Gasteiger partial charge is 0.497 e. The number of halogens is 1. The van der Waals surface area contributed by atoms with E-state index in [9.17, 15) is 4.79 Å². The molecule has 2 aromatic carbocycles. The topological polar surface area (TPSA) is 78.3 Å². The number of benzene rings is 2. The average Bonchev–Trinajstić information content (AvgIpc) is 3.10.